The first kappa shape index (κ1) is 19.6. The van der Waals surface area contributed by atoms with Gasteiger partial charge in [-0.3, -0.25) is 9.59 Å². The summed E-state index contributed by atoms with van der Waals surface area (Å²) in [5.41, 5.74) is 9.29. The molecule has 0 fully saturated rings. The Labute approximate surface area is 166 Å². The van der Waals surface area contributed by atoms with Crippen LogP contribution in [0.3, 0.4) is 0 Å². The molecule has 28 heavy (non-hydrogen) atoms. The summed E-state index contributed by atoms with van der Waals surface area (Å²) in [4.78, 5) is 22.5. The highest BCUT2D eigenvalue weighted by atomic mass is 35.5. The van der Waals surface area contributed by atoms with E-state index in [-0.39, 0.29) is 11.4 Å². The van der Waals surface area contributed by atoms with E-state index >= 15 is 0 Å². The number of carbonyl (C=O) groups is 2. The minimum atomic E-state index is -0.910. The van der Waals surface area contributed by atoms with Crippen LogP contribution in [0, 0.1) is 12.7 Å². The summed E-state index contributed by atoms with van der Waals surface area (Å²) in [6.45, 7) is 1.83. The monoisotopic (exact) mass is 400 g/mol. The highest BCUT2D eigenvalue weighted by Gasteiger charge is 2.16. The fourth-order valence-corrected chi connectivity index (χ4v) is 3.25. The summed E-state index contributed by atoms with van der Waals surface area (Å²) >= 11 is 5.80. The number of nitrogens with zero attached hydrogens (tertiary/aromatic N) is 1. The maximum atomic E-state index is 14.0. The molecule has 7 heteroatoms. The molecule has 0 unspecified atom stereocenters. The molecule has 2 aromatic carbocycles. The second-order valence-corrected chi connectivity index (χ2v) is 6.84. The molecule has 144 valence electrons. The lowest BCUT2D eigenvalue weighted by Gasteiger charge is -2.17. The van der Waals surface area contributed by atoms with Crippen LogP contribution in [0.4, 0.5) is 4.39 Å². The zero-order chi connectivity index (χ0) is 20.4. The molecule has 0 saturated heterocycles. The van der Waals surface area contributed by atoms with Crippen LogP contribution in [0.2, 0.25) is 5.02 Å². The molecule has 0 aliphatic rings. The number of carbonyl (C=O) groups excluding carboxylic acids is 1. The first-order valence-corrected chi connectivity index (χ1v) is 8.94. The Morgan fingerprint density at radius 1 is 1.14 bits per heavy atom. The summed E-state index contributed by atoms with van der Waals surface area (Å²) < 4.78 is 15.9. The number of benzene rings is 2. The molecule has 1 heterocycles. The number of amides is 1. The maximum Gasteiger partial charge on any atom is 0.303 e. The standard InChI is InChI=1S/C21H18ClFN2O3/c1-12-10-14(21(24)28)3-7-18(12)25-15(5-9-20(26)27)4-8-19(25)13-2-6-16(22)17(23)11-13/h2-4,6-8,10-11H,5,9H2,1H3,(H2,24,28)(H,26,27). The number of carboxylic acid groups (broad SMARTS) is 1. The quantitative estimate of drug-likeness (QED) is 0.644. The van der Waals surface area contributed by atoms with Gasteiger partial charge in [0.05, 0.1) is 17.1 Å². The average Bonchev–Trinajstić information content (AvgIpc) is 3.05. The molecule has 0 aliphatic carbocycles. The Morgan fingerprint density at radius 3 is 2.50 bits per heavy atom. The van der Waals surface area contributed by atoms with Crippen LogP contribution >= 0.6 is 11.6 Å². The fraction of sp³-hybridized carbons (Fsp3) is 0.143. The zero-order valence-corrected chi connectivity index (χ0v) is 15.8. The van der Waals surface area contributed by atoms with Crippen molar-refractivity contribution in [3.63, 3.8) is 0 Å². The number of halogens is 2. The summed E-state index contributed by atoms with van der Waals surface area (Å²) in [6.07, 6.45) is 0.249. The Kier molecular flexibility index (Phi) is 5.51. The van der Waals surface area contributed by atoms with Gasteiger partial charge >= 0.3 is 5.97 Å². The van der Waals surface area contributed by atoms with Gasteiger partial charge in [0.15, 0.2) is 0 Å². The highest BCUT2D eigenvalue weighted by molar-refractivity contribution is 6.30. The molecule has 0 aliphatic heterocycles. The number of carboxylic acids is 1. The predicted octanol–water partition coefficient (Wildman–Crippen LogP) is 4.36. The number of nitrogens with two attached hydrogens (primary N) is 1. The molecule has 1 aromatic heterocycles. The molecule has 1 amide bonds. The van der Waals surface area contributed by atoms with Crippen molar-refractivity contribution in [3.8, 4) is 16.9 Å². The van der Waals surface area contributed by atoms with Gasteiger partial charge in [-0.2, -0.15) is 0 Å². The largest absolute Gasteiger partial charge is 0.481 e. The number of hydrogen-bond acceptors (Lipinski definition) is 2. The molecular weight excluding hydrogens is 383 g/mol. The van der Waals surface area contributed by atoms with Crippen molar-refractivity contribution < 1.29 is 19.1 Å². The zero-order valence-electron chi connectivity index (χ0n) is 15.1. The fourth-order valence-electron chi connectivity index (χ4n) is 3.13. The van der Waals surface area contributed by atoms with Crippen LogP contribution < -0.4 is 5.73 Å². The van der Waals surface area contributed by atoms with Gasteiger partial charge in [-0.15, -0.1) is 0 Å². The summed E-state index contributed by atoms with van der Waals surface area (Å²) in [5.74, 6) is -1.99. The molecular formula is C21H18ClFN2O3. The van der Waals surface area contributed by atoms with Gasteiger partial charge in [-0.05, 0) is 61.4 Å². The van der Waals surface area contributed by atoms with E-state index in [0.717, 1.165) is 16.9 Å². The Morgan fingerprint density at radius 2 is 1.89 bits per heavy atom. The van der Waals surface area contributed by atoms with E-state index in [9.17, 15) is 14.0 Å². The third-order valence-electron chi connectivity index (χ3n) is 4.49. The molecule has 0 saturated carbocycles. The molecule has 3 N–H and O–H groups in total. The number of primary amides is 1. The van der Waals surface area contributed by atoms with E-state index in [2.05, 4.69) is 0 Å². The van der Waals surface area contributed by atoms with Gasteiger partial charge in [0.2, 0.25) is 5.91 Å². The number of aryl methyl sites for hydroxylation is 2. The van der Waals surface area contributed by atoms with E-state index < -0.39 is 17.7 Å². The second kappa shape index (κ2) is 7.86. The van der Waals surface area contributed by atoms with Gasteiger partial charge in [-0.25, -0.2) is 4.39 Å². The third kappa shape index (κ3) is 3.92. The number of hydrogen-bond donors (Lipinski definition) is 2. The van der Waals surface area contributed by atoms with Gasteiger partial charge in [-0.1, -0.05) is 17.7 Å². The SMILES string of the molecule is Cc1cc(C(N)=O)ccc1-n1c(CCC(=O)O)ccc1-c1ccc(Cl)c(F)c1. The number of rotatable bonds is 6. The smallest absolute Gasteiger partial charge is 0.303 e. The highest BCUT2D eigenvalue weighted by Crippen LogP contribution is 2.31. The predicted molar refractivity (Wildman–Crippen MR) is 105 cm³/mol. The van der Waals surface area contributed by atoms with Gasteiger partial charge in [0, 0.05) is 22.5 Å². The van der Waals surface area contributed by atoms with Crippen molar-refractivity contribution in [1.82, 2.24) is 4.57 Å². The summed E-state index contributed by atoms with van der Waals surface area (Å²) in [6, 6.07) is 13.2. The Bertz CT molecular complexity index is 1080. The van der Waals surface area contributed by atoms with Crippen LogP contribution in [0.15, 0.2) is 48.5 Å². The van der Waals surface area contributed by atoms with Crippen LogP contribution in [-0.2, 0) is 11.2 Å². The van der Waals surface area contributed by atoms with Crippen molar-refractivity contribution in [1.29, 1.82) is 0 Å². The molecule has 0 spiro atoms. The van der Waals surface area contributed by atoms with E-state index in [0.29, 0.717) is 23.2 Å². The van der Waals surface area contributed by atoms with Crippen molar-refractivity contribution >= 4 is 23.5 Å². The molecule has 3 rings (SSSR count). The minimum Gasteiger partial charge on any atom is -0.481 e. The van der Waals surface area contributed by atoms with Gasteiger partial charge in [0.1, 0.15) is 5.82 Å². The normalized spacial score (nSPS) is 10.8. The van der Waals surface area contributed by atoms with E-state index in [1.54, 1.807) is 30.3 Å². The molecule has 0 bridgehead atoms. The van der Waals surface area contributed by atoms with Crippen molar-refractivity contribution in [2.24, 2.45) is 5.73 Å². The molecule has 5 nitrogen and oxygen atoms in total. The maximum absolute atomic E-state index is 14.0. The van der Waals surface area contributed by atoms with Crippen molar-refractivity contribution in [3.05, 3.63) is 76.2 Å². The molecule has 0 radical (unpaired) electrons. The summed E-state index contributed by atoms with van der Waals surface area (Å²) in [7, 11) is 0. The lowest BCUT2D eigenvalue weighted by molar-refractivity contribution is -0.136. The summed E-state index contributed by atoms with van der Waals surface area (Å²) in [5, 5.41) is 9.08. The van der Waals surface area contributed by atoms with Crippen LogP contribution in [0.1, 0.15) is 28.0 Å². The van der Waals surface area contributed by atoms with Crippen molar-refractivity contribution in [2.75, 3.05) is 0 Å². The third-order valence-corrected chi connectivity index (χ3v) is 4.80. The van der Waals surface area contributed by atoms with E-state index in [1.807, 2.05) is 17.6 Å². The van der Waals surface area contributed by atoms with Gasteiger partial charge in [0.25, 0.3) is 0 Å². The minimum absolute atomic E-state index is 0.0231. The Balaban J connectivity index is 2.18. The first-order chi connectivity index (χ1) is 13.3. The lowest BCUT2D eigenvalue weighted by Crippen LogP contribution is -2.12. The molecule has 0 atom stereocenters. The van der Waals surface area contributed by atoms with E-state index in [1.165, 1.54) is 12.1 Å². The van der Waals surface area contributed by atoms with Crippen LogP contribution in [0.5, 0.6) is 0 Å². The Hall–Kier alpha value is -3.12. The topological polar surface area (TPSA) is 85.3 Å². The average molecular weight is 401 g/mol. The number of aromatic nitrogens is 1. The van der Waals surface area contributed by atoms with Gasteiger partial charge < -0.3 is 15.4 Å². The van der Waals surface area contributed by atoms with Crippen LogP contribution in [-0.4, -0.2) is 21.6 Å². The molecule has 3 aromatic rings. The first-order valence-electron chi connectivity index (χ1n) is 8.56. The second-order valence-electron chi connectivity index (χ2n) is 6.43. The van der Waals surface area contributed by atoms with E-state index in [4.69, 9.17) is 22.4 Å². The van der Waals surface area contributed by atoms with Crippen LogP contribution in [0.25, 0.3) is 16.9 Å². The number of aliphatic carboxylic acids is 1. The lowest BCUT2D eigenvalue weighted by atomic mass is 10.1. The van der Waals surface area contributed by atoms with Crippen molar-refractivity contribution in [2.45, 2.75) is 19.8 Å².